The van der Waals surface area contributed by atoms with Crippen LogP contribution in [0, 0.1) is 20.8 Å². The van der Waals surface area contributed by atoms with E-state index in [0.29, 0.717) is 24.5 Å². The first-order chi connectivity index (χ1) is 15.0. The Morgan fingerprint density at radius 2 is 1.77 bits per heavy atom. The van der Waals surface area contributed by atoms with Crippen LogP contribution in [0.5, 0.6) is 5.75 Å². The van der Waals surface area contributed by atoms with E-state index in [9.17, 15) is 9.59 Å². The van der Waals surface area contributed by atoms with Gasteiger partial charge in [0.15, 0.2) is 6.61 Å². The number of para-hydroxylation sites is 1. The molecule has 3 rings (SSSR count). The topological polar surface area (TPSA) is 90.7 Å². The molecule has 1 aromatic heterocycles. The van der Waals surface area contributed by atoms with Gasteiger partial charge in [-0.25, -0.2) is 4.79 Å². The second kappa shape index (κ2) is 10.4. The molecule has 7 heteroatoms. The zero-order valence-electron chi connectivity index (χ0n) is 17.9. The Bertz CT molecular complexity index is 1040. The summed E-state index contributed by atoms with van der Waals surface area (Å²) in [6.45, 7) is 5.99. The third-order valence-corrected chi connectivity index (χ3v) is 4.97. The van der Waals surface area contributed by atoms with E-state index in [1.807, 2.05) is 38.1 Å². The first-order valence-corrected chi connectivity index (χ1v) is 10.1. The molecule has 2 aromatic carbocycles. The lowest BCUT2D eigenvalue weighted by molar-refractivity contribution is -0.124. The van der Waals surface area contributed by atoms with E-state index in [2.05, 4.69) is 10.5 Å². The molecule has 0 aliphatic heterocycles. The van der Waals surface area contributed by atoms with Gasteiger partial charge in [0.1, 0.15) is 23.7 Å². The predicted molar refractivity (Wildman–Crippen MR) is 115 cm³/mol. The van der Waals surface area contributed by atoms with Crippen molar-refractivity contribution < 1.29 is 23.6 Å². The molecule has 0 saturated heterocycles. The fourth-order valence-electron chi connectivity index (χ4n) is 3.11. The van der Waals surface area contributed by atoms with Crippen LogP contribution in [0.4, 0.5) is 0 Å². The van der Waals surface area contributed by atoms with Gasteiger partial charge in [-0.15, -0.1) is 0 Å². The number of carbonyl (C=O) groups excluding carboxylic acids is 2. The number of hydrogen-bond donors (Lipinski definition) is 1. The van der Waals surface area contributed by atoms with Crippen LogP contribution in [0.25, 0.3) is 0 Å². The largest absolute Gasteiger partial charge is 0.488 e. The van der Waals surface area contributed by atoms with Gasteiger partial charge in [-0.1, -0.05) is 41.6 Å². The highest BCUT2D eigenvalue weighted by Gasteiger charge is 2.17. The number of amides is 1. The maximum atomic E-state index is 12.5. The van der Waals surface area contributed by atoms with Crippen molar-refractivity contribution in [2.45, 2.75) is 33.8 Å². The van der Waals surface area contributed by atoms with Crippen molar-refractivity contribution in [2.24, 2.45) is 0 Å². The summed E-state index contributed by atoms with van der Waals surface area (Å²) >= 11 is 0. The molecule has 0 fully saturated rings. The first kappa shape index (κ1) is 22.1. The van der Waals surface area contributed by atoms with E-state index >= 15 is 0 Å². The van der Waals surface area contributed by atoms with Gasteiger partial charge in [0.25, 0.3) is 5.91 Å². The van der Waals surface area contributed by atoms with E-state index in [1.165, 1.54) is 11.1 Å². The predicted octanol–water partition coefficient (Wildman–Crippen LogP) is 3.69. The first-order valence-electron chi connectivity index (χ1n) is 10.1. The van der Waals surface area contributed by atoms with Crippen LogP contribution in [0.15, 0.2) is 53.1 Å². The lowest BCUT2D eigenvalue weighted by Gasteiger charge is -2.11. The molecule has 1 amide bonds. The van der Waals surface area contributed by atoms with Crippen LogP contribution in [-0.2, 0) is 22.6 Å². The summed E-state index contributed by atoms with van der Waals surface area (Å²) in [6, 6.07) is 14.8. The molecule has 162 valence electrons. The average molecular weight is 422 g/mol. The second-order valence-corrected chi connectivity index (χ2v) is 7.19. The summed E-state index contributed by atoms with van der Waals surface area (Å²) in [5.41, 5.74) is 4.17. The molecule has 0 aliphatic carbocycles. The number of benzene rings is 2. The van der Waals surface area contributed by atoms with Gasteiger partial charge in [-0.3, -0.25) is 4.79 Å². The van der Waals surface area contributed by atoms with Gasteiger partial charge in [-0.05, 0) is 50.5 Å². The van der Waals surface area contributed by atoms with E-state index in [4.69, 9.17) is 14.0 Å². The molecule has 0 saturated carbocycles. The summed E-state index contributed by atoms with van der Waals surface area (Å²) in [4.78, 5) is 24.6. The normalized spacial score (nSPS) is 10.5. The summed E-state index contributed by atoms with van der Waals surface area (Å²) in [7, 11) is 0. The maximum Gasteiger partial charge on any atom is 0.342 e. The Morgan fingerprint density at radius 3 is 2.52 bits per heavy atom. The molecule has 0 unspecified atom stereocenters. The highest BCUT2D eigenvalue weighted by atomic mass is 16.5. The second-order valence-electron chi connectivity index (χ2n) is 7.19. The van der Waals surface area contributed by atoms with E-state index in [1.54, 1.807) is 31.2 Å². The number of ether oxygens (including phenoxy) is 2. The van der Waals surface area contributed by atoms with Crippen LogP contribution in [-0.4, -0.2) is 30.2 Å². The Hall–Kier alpha value is -3.61. The molecular formula is C24H26N2O5. The van der Waals surface area contributed by atoms with Gasteiger partial charge in [-0.2, -0.15) is 0 Å². The minimum absolute atomic E-state index is 0.213. The Kier molecular flexibility index (Phi) is 7.43. The zero-order chi connectivity index (χ0) is 22.2. The Morgan fingerprint density at radius 1 is 1.03 bits per heavy atom. The summed E-state index contributed by atoms with van der Waals surface area (Å²) in [5, 5.41) is 6.66. The molecule has 1 N–H and O–H groups in total. The number of carbonyl (C=O) groups is 2. The molecule has 1 heterocycles. The molecule has 3 aromatic rings. The minimum Gasteiger partial charge on any atom is -0.488 e. The lowest BCUT2D eigenvalue weighted by atomic mass is 10.1. The number of esters is 1. The summed E-state index contributed by atoms with van der Waals surface area (Å²) in [6.07, 6.45) is 0.713. The average Bonchev–Trinajstić information content (AvgIpc) is 3.09. The molecular weight excluding hydrogens is 396 g/mol. The molecule has 7 nitrogen and oxygen atoms in total. The van der Waals surface area contributed by atoms with Gasteiger partial charge in [0.2, 0.25) is 0 Å². The maximum absolute atomic E-state index is 12.5. The van der Waals surface area contributed by atoms with E-state index in [0.717, 1.165) is 11.3 Å². The molecule has 0 aliphatic rings. The number of rotatable bonds is 9. The zero-order valence-corrected chi connectivity index (χ0v) is 17.9. The number of aromatic nitrogens is 1. The number of aryl methyl sites for hydroxylation is 3. The van der Waals surface area contributed by atoms with Crippen molar-refractivity contribution in [3.05, 3.63) is 82.2 Å². The van der Waals surface area contributed by atoms with Crippen molar-refractivity contribution in [2.75, 3.05) is 13.2 Å². The highest BCUT2D eigenvalue weighted by molar-refractivity contribution is 5.94. The quantitative estimate of drug-likeness (QED) is 0.529. The van der Waals surface area contributed by atoms with Gasteiger partial charge in [0, 0.05) is 6.54 Å². The van der Waals surface area contributed by atoms with Crippen LogP contribution < -0.4 is 10.1 Å². The number of nitrogens with one attached hydrogen (secondary N) is 1. The fraction of sp³-hybridized carbons (Fsp3) is 0.292. The standard InChI is InChI=1S/C24H26N2O5/c1-16-8-4-5-9-19(16)12-13-25-23(27)15-30-24(28)20-10-6-7-11-22(20)29-14-21-17(2)26-31-18(21)3/h4-11H,12-15H2,1-3H3,(H,25,27). The van der Waals surface area contributed by atoms with Crippen LogP contribution in [0.3, 0.4) is 0 Å². The van der Waals surface area contributed by atoms with Crippen LogP contribution in [0.2, 0.25) is 0 Å². The molecule has 0 bridgehead atoms. The van der Waals surface area contributed by atoms with Gasteiger partial charge >= 0.3 is 5.97 Å². The fourth-order valence-corrected chi connectivity index (χ4v) is 3.11. The van der Waals surface area contributed by atoms with Crippen molar-refractivity contribution in [1.29, 1.82) is 0 Å². The van der Waals surface area contributed by atoms with Gasteiger partial charge < -0.3 is 19.3 Å². The number of hydrogen-bond acceptors (Lipinski definition) is 6. The monoisotopic (exact) mass is 422 g/mol. The molecule has 0 radical (unpaired) electrons. The van der Waals surface area contributed by atoms with E-state index in [-0.39, 0.29) is 24.7 Å². The number of nitrogens with zero attached hydrogens (tertiary/aromatic N) is 1. The van der Waals surface area contributed by atoms with Crippen molar-refractivity contribution >= 4 is 11.9 Å². The summed E-state index contributed by atoms with van der Waals surface area (Å²) in [5.74, 6) is 0.0619. The highest BCUT2D eigenvalue weighted by Crippen LogP contribution is 2.22. The third kappa shape index (κ3) is 5.94. The molecule has 0 atom stereocenters. The lowest BCUT2D eigenvalue weighted by Crippen LogP contribution is -2.30. The van der Waals surface area contributed by atoms with Crippen LogP contribution in [0.1, 0.15) is 38.5 Å². The van der Waals surface area contributed by atoms with Crippen LogP contribution >= 0.6 is 0 Å². The molecule has 0 spiro atoms. The Balaban J connectivity index is 1.50. The van der Waals surface area contributed by atoms with Crippen molar-refractivity contribution in [1.82, 2.24) is 10.5 Å². The molecule has 31 heavy (non-hydrogen) atoms. The minimum atomic E-state index is -0.622. The SMILES string of the molecule is Cc1ccccc1CCNC(=O)COC(=O)c1ccccc1OCc1c(C)noc1C. The van der Waals surface area contributed by atoms with Crippen molar-refractivity contribution in [3.63, 3.8) is 0 Å². The third-order valence-electron chi connectivity index (χ3n) is 4.97. The van der Waals surface area contributed by atoms with Gasteiger partial charge in [0.05, 0.1) is 11.3 Å². The van der Waals surface area contributed by atoms with E-state index < -0.39 is 5.97 Å². The summed E-state index contributed by atoms with van der Waals surface area (Å²) < 4.78 is 16.1. The Labute approximate surface area is 181 Å². The van der Waals surface area contributed by atoms with Crippen molar-refractivity contribution in [3.8, 4) is 5.75 Å². The smallest absolute Gasteiger partial charge is 0.342 e.